The molecule has 6 heteroatoms. The van der Waals surface area contributed by atoms with Gasteiger partial charge in [0.1, 0.15) is 13.2 Å². The van der Waals surface area contributed by atoms with Crippen LogP contribution < -0.4 is 0 Å². The number of unbranched alkanes of at least 4 members (excludes halogenated alkanes) is 1. The van der Waals surface area contributed by atoms with Crippen LogP contribution in [0.2, 0.25) is 0 Å². The van der Waals surface area contributed by atoms with Gasteiger partial charge in [0, 0.05) is 13.1 Å². The molecule has 0 spiro atoms. The van der Waals surface area contributed by atoms with Crippen LogP contribution >= 0.6 is 0 Å². The zero-order chi connectivity index (χ0) is 24.3. The highest BCUT2D eigenvalue weighted by atomic mass is 16.6. The van der Waals surface area contributed by atoms with Gasteiger partial charge in [0.2, 0.25) is 0 Å². The third-order valence-corrected chi connectivity index (χ3v) is 6.21. The van der Waals surface area contributed by atoms with E-state index in [9.17, 15) is 9.59 Å². The average molecular weight is 467 g/mol. The molecular formula is C28H38N2O4. The number of rotatable bonds is 9. The topological polar surface area (TPSA) is 59.1 Å². The van der Waals surface area contributed by atoms with Crippen LogP contribution in [0.4, 0.5) is 9.59 Å². The molecule has 2 atom stereocenters. The van der Waals surface area contributed by atoms with Gasteiger partial charge in [-0.05, 0) is 29.9 Å². The Balaban J connectivity index is 1.70. The third kappa shape index (κ3) is 7.51. The zero-order valence-electron chi connectivity index (χ0n) is 20.7. The summed E-state index contributed by atoms with van der Waals surface area (Å²) < 4.78 is 11.4. The Morgan fingerprint density at radius 3 is 1.76 bits per heavy atom. The normalized spacial score (nSPS) is 18.1. The van der Waals surface area contributed by atoms with Gasteiger partial charge in [-0.25, -0.2) is 9.59 Å². The van der Waals surface area contributed by atoms with Crippen LogP contribution in [0.1, 0.15) is 57.6 Å². The fourth-order valence-electron chi connectivity index (χ4n) is 4.43. The van der Waals surface area contributed by atoms with Crippen LogP contribution in [0.25, 0.3) is 0 Å². The Bertz CT molecular complexity index is 888. The molecule has 0 unspecified atom stereocenters. The molecule has 2 aromatic carbocycles. The van der Waals surface area contributed by atoms with Crippen molar-refractivity contribution in [2.45, 2.75) is 71.8 Å². The van der Waals surface area contributed by atoms with Crippen LogP contribution in [-0.4, -0.2) is 47.2 Å². The molecule has 6 nitrogen and oxygen atoms in total. The van der Waals surface area contributed by atoms with Crippen molar-refractivity contribution in [2.75, 3.05) is 13.1 Å². The van der Waals surface area contributed by atoms with Crippen molar-refractivity contribution in [1.29, 1.82) is 0 Å². The molecule has 0 aliphatic carbocycles. The lowest BCUT2D eigenvalue weighted by molar-refractivity contribution is 0.00124. The second-order valence-corrected chi connectivity index (χ2v) is 9.46. The maximum Gasteiger partial charge on any atom is 0.410 e. The summed E-state index contributed by atoms with van der Waals surface area (Å²) in [5.74, 6) is 0.379. The van der Waals surface area contributed by atoms with Gasteiger partial charge in [-0.2, -0.15) is 0 Å². The lowest BCUT2D eigenvalue weighted by atomic mass is 9.96. The summed E-state index contributed by atoms with van der Waals surface area (Å²) in [6.07, 6.45) is 3.01. The minimum atomic E-state index is -0.312. The van der Waals surface area contributed by atoms with Crippen LogP contribution in [0, 0.1) is 5.92 Å². The van der Waals surface area contributed by atoms with Crippen molar-refractivity contribution in [3.8, 4) is 0 Å². The van der Waals surface area contributed by atoms with Crippen molar-refractivity contribution in [1.82, 2.24) is 9.80 Å². The Labute approximate surface area is 203 Å². The molecule has 0 N–H and O–H groups in total. The molecule has 34 heavy (non-hydrogen) atoms. The fourth-order valence-corrected chi connectivity index (χ4v) is 4.43. The monoisotopic (exact) mass is 466 g/mol. The number of hydrogen-bond acceptors (Lipinski definition) is 4. The van der Waals surface area contributed by atoms with Gasteiger partial charge >= 0.3 is 12.2 Å². The third-order valence-electron chi connectivity index (χ3n) is 6.21. The predicted octanol–water partition coefficient (Wildman–Crippen LogP) is 6.25. The highest BCUT2D eigenvalue weighted by molar-refractivity contribution is 5.71. The lowest BCUT2D eigenvalue weighted by Gasteiger charge is -2.45. The van der Waals surface area contributed by atoms with Gasteiger partial charge in [0.15, 0.2) is 0 Å². The number of amides is 2. The van der Waals surface area contributed by atoms with Crippen molar-refractivity contribution < 1.29 is 19.1 Å². The molecular weight excluding hydrogens is 428 g/mol. The summed E-state index contributed by atoms with van der Waals surface area (Å²) >= 11 is 0. The average Bonchev–Trinajstić information content (AvgIpc) is 2.85. The van der Waals surface area contributed by atoms with E-state index in [1.54, 1.807) is 0 Å². The molecule has 1 heterocycles. The van der Waals surface area contributed by atoms with E-state index < -0.39 is 0 Å². The Morgan fingerprint density at radius 2 is 1.29 bits per heavy atom. The first-order chi connectivity index (χ1) is 16.5. The number of nitrogens with zero attached hydrogens (tertiary/aromatic N) is 2. The summed E-state index contributed by atoms with van der Waals surface area (Å²) in [5, 5.41) is 0. The van der Waals surface area contributed by atoms with Crippen LogP contribution in [0.5, 0.6) is 0 Å². The van der Waals surface area contributed by atoms with Gasteiger partial charge in [-0.3, -0.25) is 0 Å². The van der Waals surface area contributed by atoms with E-state index in [4.69, 9.17) is 9.47 Å². The number of hydrogen-bond donors (Lipinski definition) is 0. The standard InChI is InChI=1S/C28H38N2O4/c1-4-5-16-25-18-30(28(32)34-21-24-14-10-7-11-15-24)26(17-22(2)3)19-29(25)27(31)33-20-23-12-8-6-9-13-23/h6-15,22,25-26H,4-5,16-21H2,1-3H3/t25-,26+/m0/s1. The van der Waals surface area contributed by atoms with Gasteiger partial charge in [0.05, 0.1) is 12.1 Å². The van der Waals surface area contributed by atoms with Crippen molar-refractivity contribution in [3.63, 3.8) is 0 Å². The first-order valence-corrected chi connectivity index (χ1v) is 12.4. The van der Waals surface area contributed by atoms with E-state index in [1.807, 2.05) is 70.5 Å². The van der Waals surface area contributed by atoms with Gasteiger partial charge < -0.3 is 19.3 Å². The van der Waals surface area contributed by atoms with E-state index in [1.165, 1.54) is 0 Å². The summed E-state index contributed by atoms with van der Waals surface area (Å²) in [6, 6.07) is 19.2. The van der Waals surface area contributed by atoms with Gasteiger partial charge in [0.25, 0.3) is 0 Å². The van der Waals surface area contributed by atoms with Crippen LogP contribution in [0.3, 0.4) is 0 Å². The summed E-state index contributed by atoms with van der Waals surface area (Å²) in [7, 11) is 0. The molecule has 0 radical (unpaired) electrons. The molecule has 1 aliphatic rings. The first kappa shape index (κ1) is 25.6. The van der Waals surface area contributed by atoms with Gasteiger partial charge in [-0.1, -0.05) is 94.3 Å². The summed E-state index contributed by atoms with van der Waals surface area (Å²) in [6.45, 7) is 7.81. The highest BCUT2D eigenvalue weighted by Crippen LogP contribution is 2.26. The minimum absolute atomic E-state index is 0.0871. The number of carbonyl (C=O) groups excluding carboxylic acids is 2. The molecule has 3 rings (SSSR count). The molecule has 1 saturated heterocycles. The Hall–Kier alpha value is -3.02. The molecule has 1 aliphatic heterocycles. The number of benzene rings is 2. The Morgan fingerprint density at radius 1 is 0.824 bits per heavy atom. The SMILES string of the molecule is CCCC[C@H]1CN(C(=O)OCc2ccccc2)[C@H](CC(C)C)CN1C(=O)OCc1ccccc1. The molecule has 2 aromatic rings. The number of ether oxygens (including phenoxy) is 2. The quantitative estimate of drug-likeness (QED) is 0.438. The van der Waals surface area contributed by atoms with E-state index >= 15 is 0 Å². The lowest BCUT2D eigenvalue weighted by Crippen LogP contribution is -2.61. The van der Waals surface area contributed by atoms with Crippen LogP contribution in [-0.2, 0) is 22.7 Å². The van der Waals surface area contributed by atoms with Gasteiger partial charge in [-0.15, -0.1) is 0 Å². The minimum Gasteiger partial charge on any atom is -0.445 e. The number of carbonyl (C=O) groups is 2. The molecule has 2 amide bonds. The van der Waals surface area contributed by atoms with E-state index in [0.717, 1.165) is 36.8 Å². The number of piperazine rings is 1. The second-order valence-electron chi connectivity index (χ2n) is 9.46. The molecule has 0 bridgehead atoms. The predicted molar refractivity (Wildman–Crippen MR) is 133 cm³/mol. The molecule has 0 aromatic heterocycles. The maximum atomic E-state index is 13.1. The Kier molecular flexibility index (Phi) is 9.80. The van der Waals surface area contributed by atoms with E-state index in [-0.39, 0.29) is 37.5 Å². The highest BCUT2D eigenvalue weighted by Gasteiger charge is 2.39. The van der Waals surface area contributed by atoms with Crippen molar-refractivity contribution in [3.05, 3.63) is 71.8 Å². The van der Waals surface area contributed by atoms with Crippen molar-refractivity contribution >= 4 is 12.2 Å². The van der Waals surface area contributed by atoms with Crippen LogP contribution in [0.15, 0.2) is 60.7 Å². The first-order valence-electron chi connectivity index (χ1n) is 12.4. The largest absolute Gasteiger partial charge is 0.445 e. The smallest absolute Gasteiger partial charge is 0.410 e. The second kappa shape index (κ2) is 13.0. The fraction of sp³-hybridized carbons (Fsp3) is 0.500. The molecule has 184 valence electrons. The van der Waals surface area contributed by atoms with E-state index in [0.29, 0.717) is 19.0 Å². The van der Waals surface area contributed by atoms with E-state index in [2.05, 4.69) is 20.8 Å². The molecule has 0 saturated carbocycles. The van der Waals surface area contributed by atoms with Crippen molar-refractivity contribution in [2.24, 2.45) is 5.92 Å². The maximum absolute atomic E-state index is 13.1. The molecule has 1 fully saturated rings. The summed E-state index contributed by atoms with van der Waals surface area (Å²) in [4.78, 5) is 29.9. The zero-order valence-corrected chi connectivity index (χ0v) is 20.7. The summed E-state index contributed by atoms with van der Waals surface area (Å²) in [5.41, 5.74) is 1.92.